The smallest absolute Gasteiger partial charge is 0.410 e. The number of aromatic nitrogens is 3. The lowest BCUT2D eigenvalue weighted by atomic mass is 10.0. The standard InChI is InChI=1S/C27H34F2N6O2/c1-17-13-20(22(29)14-21(17)28)23-15-31-24(25-30-8-12-35(23)25)32-18-5-9-34(16-18)19-6-10-33(11-7-19)26(36)37-27(2,3)4/h8,12-15,18-19H,5-7,9-11,16H2,1-4H3,(H,31,32)/t18-/m1/s1. The Bertz CT molecular complexity index is 1300. The second kappa shape index (κ2) is 9.89. The Morgan fingerprint density at radius 2 is 1.84 bits per heavy atom. The van der Waals surface area contributed by atoms with Crippen molar-refractivity contribution in [3.8, 4) is 11.3 Å². The van der Waals surface area contributed by atoms with Crippen LogP contribution >= 0.6 is 0 Å². The number of benzene rings is 1. The first kappa shape index (κ1) is 25.4. The Labute approximate surface area is 215 Å². The third-order valence-corrected chi connectivity index (χ3v) is 7.15. The molecule has 3 aromatic rings. The van der Waals surface area contributed by atoms with Crippen LogP contribution in [-0.2, 0) is 4.74 Å². The molecule has 0 radical (unpaired) electrons. The fraction of sp³-hybridized carbons (Fsp3) is 0.519. The van der Waals surface area contributed by atoms with Crippen LogP contribution in [0.3, 0.4) is 0 Å². The second-order valence-electron chi connectivity index (χ2n) is 11.0. The Morgan fingerprint density at radius 3 is 2.57 bits per heavy atom. The number of imidazole rings is 1. The van der Waals surface area contributed by atoms with Crippen LogP contribution in [0.4, 0.5) is 19.4 Å². The van der Waals surface area contributed by atoms with Crippen molar-refractivity contribution in [2.45, 2.75) is 64.6 Å². The first-order valence-corrected chi connectivity index (χ1v) is 12.9. The third kappa shape index (κ3) is 5.39. The van der Waals surface area contributed by atoms with Gasteiger partial charge in [0.2, 0.25) is 0 Å². The van der Waals surface area contributed by atoms with Crippen LogP contribution in [0.1, 0.15) is 45.6 Å². The van der Waals surface area contributed by atoms with Crippen LogP contribution in [0.15, 0.2) is 30.7 Å². The van der Waals surface area contributed by atoms with Crippen LogP contribution in [0.2, 0.25) is 0 Å². The largest absolute Gasteiger partial charge is 0.444 e. The Kier molecular flexibility index (Phi) is 6.78. The number of hydrogen-bond donors (Lipinski definition) is 1. The van der Waals surface area contributed by atoms with Gasteiger partial charge in [0.15, 0.2) is 11.5 Å². The molecule has 0 spiro atoms. The van der Waals surface area contributed by atoms with Gasteiger partial charge >= 0.3 is 6.09 Å². The summed E-state index contributed by atoms with van der Waals surface area (Å²) < 4.78 is 35.7. The monoisotopic (exact) mass is 512 g/mol. The summed E-state index contributed by atoms with van der Waals surface area (Å²) in [6, 6.07) is 3.03. The molecule has 1 N–H and O–H groups in total. The van der Waals surface area contributed by atoms with Gasteiger partial charge in [0, 0.05) is 62.3 Å². The molecule has 5 rings (SSSR count). The van der Waals surface area contributed by atoms with Crippen molar-refractivity contribution in [2.24, 2.45) is 0 Å². The van der Waals surface area contributed by atoms with Gasteiger partial charge in [-0.2, -0.15) is 0 Å². The van der Waals surface area contributed by atoms with Crippen molar-refractivity contribution in [2.75, 3.05) is 31.5 Å². The summed E-state index contributed by atoms with van der Waals surface area (Å²) in [5, 5.41) is 3.53. The molecule has 1 amide bonds. The van der Waals surface area contributed by atoms with Gasteiger partial charge in [0.25, 0.3) is 0 Å². The molecule has 10 heteroatoms. The lowest BCUT2D eigenvalue weighted by Crippen LogP contribution is -2.47. The minimum Gasteiger partial charge on any atom is -0.444 e. The molecule has 0 saturated carbocycles. The summed E-state index contributed by atoms with van der Waals surface area (Å²) in [7, 11) is 0. The van der Waals surface area contributed by atoms with E-state index in [1.54, 1.807) is 34.8 Å². The molecule has 1 atom stereocenters. The van der Waals surface area contributed by atoms with Crippen molar-refractivity contribution < 1.29 is 18.3 Å². The van der Waals surface area contributed by atoms with Gasteiger partial charge in [-0.3, -0.25) is 9.30 Å². The number of anilines is 1. The number of aryl methyl sites for hydroxylation is 1. The van der Waals surface area contributed by atoms with Gasteiger partial charge in [0.1, 0.15) is 17.2 Å². The molecule has 0 unspecified atom stereocenters. The van der Waals surface area contributed by atoms with E-state index in [1.807, 2.05) is 20.8 Å². The highest BCUT2D eigenvalue weighted by atomic mass is 19.1. The summed E-state index contributed by atoms with van der Waals surface area (Å²) in [4.78, 5) is 25.7. The van der Waals surface area contributed by atoms with Gasteiger partial charge in [-0.15, -0.1) is 0 Å². The fourth-order valence-electron chi connectivity index (χ4n) is 5.24. The maximum absolute atomic E-state index is 14.6. The quantitative estimate of drug-likeness (QED) is 0.538. The van der Waals surface area contributed by atoms with Crippen molar-refractivity contribution in [3.05, 3.63) is 47.9 Å². The number of piperidine rings is 1. The number of nitrogens with one attached hydrogen (secondary N) is 1. The van der Waals surface area contributed by atoms with Crippen LogP contribution in [0.5, 0.6) is 0 Å². The molecule has 198 valence electrons. The van der Waals surface area contributed by atoms with Gasteiger partial charge in [-0.1, -0.05) is 0 Å². The van der Waals surface area contributed by atoms with Crippen molar-refractivity contribution in [1.29, 1.82) is 0 Å². The predicted octanol–water partition coefficient (Wildman–Crippen LogP) is 4.87. The minimum atomic E-state index is -0.634. The van der Waals surface area contributed by atoms with Gasteiger partial charge < -0.3 is 15.0 Å². The molecule has 4 heterocycles. The van der Waals surface area contributed by atoms with E-state index in [-0.39, 0.29) is 17.7 Å². The zero-order chi connectivity index (χ0) is 26.3. The lowest BCUT2D eigenvalue weighted by Gasteiger charge is -2.37. The number of carbonyl (C=O) groups is 1. The van der Waals surface area contributed by atoms with Crippen LogP contribution in [-0.4, -0.2) is 74.1 Å². The van der Waals surface area contributed by atoms with E-state index in [9.17, 15) is 13.6 Å². The summed E-state index contributed by atoms with van der Waals surface area (Å²) in [6.07, 6.45) is 7.59. The van der Waals surface area contributed by atoms with E-state index in [0.29, 0.717) is 41.9 Å². The van der Waals surface area contributed by atoms with E-state index in [2.05, 4.69) is 20.2 Å². The van der Waals surface area contributed by atoms with Crippen molar-refractivity contribution in [3.63, 3.8) is 0 Å². The van der Waals surface area contributed by atoms with Crippen molar-refractivity contribution >= 4 is 17.6 Å². The van der Waals surface area contributed by atoms with Gasteiger partial charge in [0.05, 0.1) is 11.9 Å². The number of amides is 1. The normalized spacial score (nSPS) is 19.5. The summed E-state index contributed by atoms with van der Waals surface area (Å²) in [6.45, 7) is 10.5. The number of nitrogens with zero attached hydrogens (tertiary/aromatic N) is 5. The molecular weight excluding hydrogens is 478 g/mol. The molecule has 1 aromatic carbocycles. The van der Waals surface area contributed by atoms with E-state index >= 15 is 0 Å². The SMILES string of the molecule is Cc1cc(-c2cnc(N[C@@H]3CCN(C4CCN(C(=O)OC(C)(C)C)CC4)C3)c3nccn23)c(F)cc1F. The maximum atomic E-state index is 14.6. The van der Waals surface area contributed by atoms with E-state index in [1.165, 1.54) is 6.07 Å². The average Bonchev–Trinajstić information content (AvgIpc) is 3.51. The third-order valence-electron chi connectivity index (χ3n) is 7.15. The highest BCUT2D eigenvalue weighted by Gasteiger charge is 2.33. The zero-order valence-corrected chi connectivity index (χ0v) is 21.8. The lowest BCUT2D eigenvalue weighted by molar-refractivity contribution is 0.0155. The van der Waals surface area contributed by atoms with E-state index < -0.39 is 17.2 Å². The summed E-state index contributed by atoms with van der Waals surface area (Å²) >= 11 is 0. The highest BCUT2D eigenvalue weighted by molar-refractivity contribution is 5.71. The number of likely N-dealkylation sites (tertiary alicyclic amines) is 2. The number of rotatable bonds is 4. The topological polar surface area (TPSA) is 75.0 Å². The number of ether oxygens (including phenoxy) is 1. The Morgan fingerprint density at radius 1 is 1.08 bits per heavy atom. The zero-order valence-electron chi connectivity index (χ0n) is 21.8. The Balaban J connectivity index is 1.23. The van der Waals surface area contributed by atoms with Crippen LogP contribution in [0, 0.1) is 18.6 Å². The predicted molar refractivity (Wildman–Crippen MR) is 138 cm³/mol. The molecule has 2 fully saturated rings. The minimum absolute atomic E-state index is 0.201. The summed E-state index contributed by atoms with van der Waals surface area (Å²) in [5.74, 6) is -0.569. The second-order valence-corrected chi connectivity index (χ2v) is 11.0. The average molecular weight is 513 g/mol. The molecule has 0 aliphatic carbocycles. The van der Waals surface area contributed by atoms with E-state index in [0.717, 1.165) is 38.4 Å². The molecule has 2 aliphatic heterocycles. The number of hydrogen-bond acceptors (Lipinski definition) is 6. The van der Waals surface area contributed by atoms with Crippen molar-refractivity contribution in [1.82, 2.24) is 24.2 Å². The molecule has 8 nitrogen and oxygen atoms in total. The van der Waals surface area contributed by atoms with Gasteiger partial charge in [-0.25, -0.2) is 23.5 Å². The first-order chi connectivity index (χ1) is 17.6. The number of halogens is 2. The molecule has 37 heavy (non-hydrogen) atoms. The molecule has 2 aromatic heterocycles. The highest BCUT2D eigenvalue weighted by Crippen LogP contribution is 2.29. The summed E-state index contributed by atoms with van der Waals surface area (Å²) in [5.41, 5.74) is 1.28. The first-order valence-electron chi connectivity index (χ1n) is 12.9. The van der Waals surface area contributed by atoms with Gasteiger partial charge in [-0.05, 0) is 58.6 Å². The maximum Gasteiger partial charge on any atom is 0.410 e. The van der Waals surface area contributed by atoms with Crippen LogP contribution < -0.4 is 5.32 Å². The number of fused-ring (bicyclic) bond motifs is 1. The molecule has 0 bridgehead atoms. The number of carbonyl (C=O) groups excluding carboxylic acids is 1. The Hall–Kier alpha value is -3.27. The van der Waals surface area contributed by atoms with Crippen LogP contribution in [0.25, 0.3) is 16.9 Å². The van der Waals surface area contributed by atoms with E-state index in [4.69, 9.17) is 4.74 Å². The molecule has 2 saturated heterocycles. The molecular formula is C27H34F2N6O2. The fourth-order valence-corrected chi connectivity index (χ4v) is 5.24. The molecule has 2 aliphatic rings.